The van der Waals surface area contributed by atoms with Crippen LogP contribution in [0.1, 0.15) is 81.9 Å². The maximum Gasteiger partial charge on any atom is 0.332 e. The lowest BCUT2D eigenvalue weighted by molar-refractivity contribution is -0.163. The lowest BCUT2D eigenvalue weighted by Gasteiger charge is -2.46. The number of rotatable bonds is 4. The first-order valence-electron chi connectivity index (χ1n) is 18.0. The smallest absolute Gasteiger partial charge is 0.332 e. The van der Waals surface area contributed by atoms with Gasteiger partial charge in [0.2, 0.25) is 5.91 Å². The van der Waals surface area contributed by atoms with Crippen molar-refractivity contribution in [3.63, 3.8) is 0 Å². The van der Waals surface area contributed by atoms with E-state index in [2.05, 4.69) is 23.1 Å². The summed E-state index contributed by atoms with van der Waals surface area (Å²) in [4.78, 5) is 43.5. The SMILES string of the molecule is COC(=O)[C@H]1CC(=O)N(C)CC/C=C/C(OCC(=O)OC(C)(C)C)[C@@H]2CC[C@H]2CN2C[C@@]3(CCCc4cc(Cl)ccc43)COc3ccc1cc32. The summed E-state index contributed by atoms with van der Waals surface area (Å²) in [7, 11) is 3.13. The zero-order chi connectivity index (χ0) is 35.6. The third-order valence-electron chi connectivity index (χ3n) is 10.9. The molecule has 6 rings (SSSR count). The van der Waals surface area contributed by atoms with E-state index in [1.165, 1.54) is 18.2 Å². The van der Waals surface area contributed by atoms with Gasteiger partial charge in [-0.1, -0.05) is 35.9 Å². The van der Waals surface area contributed by atoms with Crippen LogP contribution in [0.15, 0.2) is 48.6 Å². The van der Waals surface area contributed by atoms with E-state index in [-0.39, 0.29) is 48.3 Å². The lowest BCUT2D eigenvalue weighted by atomic mass is 9.68. The minimum Gasteiger partial charge on any atom is -0.490 e. The van der Waals surface area contributed by atoms with Crippen molar-refractivity contribution in [3.8, 4) is 5.75 Å². The van der Waals surface area contributed by atoms with Gasteiger partial charge in [-0.25, -0.2) is 4.79 Å². The van der Waals surface area contributed by atoms with Crippen molar-refractivity contribution in [2.75, 3.05) is 51.9 Å². The molecule has 2 aromatic carbocycles. The van der Waals surface area contributed by atoms with Gasteiger partial charge in [-0.15, -0.1) is 0 Å². The summed E-state index contributed by atoms with van der Waals surface area (Å²) >= 11 is 6.47. The molecule has 50 heavy (non-hydrogen) atoms. The fourth-order valence-electron chi connectivity index (χ4n) is 8.18. The van der Waals surface area contributed by atoms with Gasteiger partial charge in [0, 0.05) is 43.5 Å². The molecule has 2 heterocycles. The summed E-state index contributed by atoms with van der Waals surface area (Å²) < 4.78 is 23.8. The first-order chi connectivity index (χ1) is 23.9. The molecule has 0 radical (unpaired) electrons. The lowest BCUT2D eigenvalue weighted by Crippen LogP contribution is -2.50. The Labute approximate surface area is 301 Å². The van der Waals surface area contributed by atoms with E-state index in [4.69, 9.17) is 30.5 Å². The number of anilines is 1. The molecule has 2 aromatic rings. The van der Waals surface area contributed by atoms with Crippen LogP contribution in [-0.2, 0) is 40.4 Å². The number of ether oxygens (including phenoxy) is 4. The molecule has 2 aliphatic carbocycles. The summed E-state index contributed by atoms with van der Waals surface area (Å²) in [6.07, 6.45) is 9.42. The van der Waals surface area contributed by atoms with Gasteiger partial charge in [0.15, 0.2) is 0 Å². The van der Waals surface area contributed by atoms with E-state index in [1.54, 1.807) is 11.9 Å². The Morgan fingerprint density at radius 3 is 2.68 bits per heavy atom. The molecule has 1 amide bonds. The Morgan fingerprint density at radius 1 is 1.12 bits per heavy atom. The minimum absolute atomic E-state index is 0.00305. The number of nitrogens with zero attached hydrogens (tertiary/aromatic N) is 2. The highest BCUT2D eigenvalue weighted by Gasteiger charge is 2.45. The van der Waals surface area contributed by atoms with E-state index in [0.29, 0.717) is 19.6 Å². The van der Waals surface area contributed by atoms with Crippen LogP contribution in [0, 0.1) is 11.8 Å². The van der Waals surface area contributed by atoms with Gasteiger partial charge in [-0.05, 0) is 112 Å². The molecule has 0 saturated heterocycles. The zero-order valence-electron chi connectivity index (χ0n) is 30.0. The molecule has 1 fully saturated rings. The second-order valence-corrected chi connectivity index (χ2v) is 15.9. The molecule has 270 valence electrons. The third-order valence-corrected chi connectivity index (χ3v) is 11.1. The zero-order valence-corrected chi connectivity index (χ0v) is 30.8. The number of hydrogen-bond acceptors (Lipinski definition) is 8. The number of amides is 1. The number of hydrogen-bond donors (Lipinski definition) is 0. The van der Waals surface area contributed by atoms with E-state index in [1.807, 2.05) is 51.1 Å². The Kier molecular flexibility index (Phi) is 10.8. The molecule has 1 saturated carbocycles. The number of carbonyl (C=O) groups is 3. The number of methoxy groups -OCH3 is 1. The van der Waals surface area contributed by atoms with Gasteiger partial charge in [0.25, 0.3) is 0 Å². The van der Waals surface area contributed by atoms with Crippen LogP contribution >= 0.6 is 11.6 Å². The van der Waals surface area contributed by atoms with E-state index in [9.17, 15) is 14.4 Å². The van der Waals surface area contributed by atoms with Crippen molar-refractivity contribution in [1.82, 2.24) is 4.90 Å². The Balaban J connectivity index is 1.39. The monoisotopic (exact) mass is 706 g/mol. The summed E-state index contributed by atoms with van der Waals surface area (Å²) in [5.41, 5.74) is 3.33. The van der Waals surface area contributed by atoms with Crippen molar-refractivity contribution in [3.05, 3.63) is 70.3 Å². The van der Waals surface area contributed by atoms with Gasteiger partial charge in [0.05, 0.1) is 31.4 Å². The first kappa shape index (κ1) is 36.2. The minimum atomic E-state index is -0.748. The van der Waals surface area contributed by atoms with E-state index >= 15 is 0 Å². The van der Waals surface area contributed by atoms with Crippen LogP contribution in [0.2, 0.25) is 5.02 Å². The quantitative estimate of drug-likeness (QED) is 0.258. The highest BCUT2D eigenvalue weighted by Crippen LogP contribution is 2.47. The molecular formula is C40H51ClN2O7. The molecule has 2 aliphatic heterocycles. The van der Waals surface area contributed by atoms with Crippen molar-refractivity contribution in [2.24, 2.45) is 11.8 Å². The van der Waals surface area contributed by atoms with Crippen molar-refractivity contribution in [1.29, 1.82) is 0 Å². The Hall–Kier alpha value is -3.56. The summed E-state index contributed by atoms with van der Waals surface area (Å²) in [5, 5.41) is 0.741. The third kappa shape index (κ3) is 7.99. The van der Waals surface area contributed by atoms with E-state index in [0.717, 1.165) is 67.2 Å². The second-order valence-electron chi connectivity index (χ2n) is 15.5. The van der Waals surface area contributed by atoms with Crippen LogP contribution in [0.5, 0.6) is 5.75 Å². The standard InChI is InChI=1S/C40H51ClN2O7/c1-39(2,3)50-37(45)23-48-34-10-6-7-18-42(4)36(44)21-31(38(46)47-5)26-12-16-35-33(20-26)43(22-28-11-14-30(28)34)24-40(25-49-35)17-8-9-27-19-29(41)13-15-32(27)40/h6,10,12-13,15-16,19-20,28,30-31,34H,7-9,11,14,17-18,21-25H2,1-5H3/b10-6+/t28-,30+,31-,34?,40-/m0/s1. The van der Waals surface area contributed by atoms with Crippen LogP contribution < -0.4 is 9.64 Å². The van der Waals surface area contributed by atoms with Crippen molar-refractivity contribution >= 4 is 35.1 Å². The number of fused-ring (bicyclic) bond motifs is 4. The van der Waals surface area contributed by atoms with E-state index < -0.39 is 17.5 Å². The Morgan fingerprint density at radius 2 is 1.94 bits per heavy atom. The van der Waals surface area contributed by atoms with Crippen LogP contribution in [-0.4, -0.2) is 81.5 Å². The Bertz CT molecular complexity index is 1620. The van der Waals surface area contributed by atoms with Crippen LogP contribution in [0.4, 0.5) is 5.69 Å². The van der Waals surface area contributed by atoms with Gasteiger partial charge in [-0.3, -0.25) is 9.59 Å². The second kappa shape index (κ2) is 15.0. The largest absolute Gasteiger partial charge is 0.490 e. The summed E-state index contributed by atoms with van der Waals surface area (Å²) in [6.45, 7) is 7.91. The molecule has 10 heteroatoms. The van der Waals surface area contributed by atoms with Gasteiger partial charge < -0.3 is 28.7 Å². The molecule has 0 N–H and O–H groups in total. The maximum absolute atomic E-state index is 13.5. The molecule has 0 aromatic heterocycles. The fraction of sp³-hybridized carbons (Fsp3) is 0.575. The number of carbonyl (C=O) groups excluding carboxylic acids is 3. The highest BCUT2D eigenvalue weighted by molar-refractivity contribution is 6.30. The van der Waals surface area contributed by atoms with Gasteiger partial charge in [0.1, 0.15) is 18.0 Å². The molecule has 9 nitrogen and oxygen atoms in total. The normalized spacial score (nSPS) is 27.6. The molecule has 4 aliphatic rings. The number of halogens is 1. The first-order valence-corrected chi connectivity index (χ1v) is 18.4. The number of benzene rings is 2. The van der Waals surface area contributed by atoms with Crippen LogP contribution in [0.3, 0.4) is 0 Å². The fourth-order valence-corrected chi connectivity index (χ4v) is 8.37. The average molecular weight is 707 g/mol. The summed E-state index contributed by atoms with van der Waals surface area (Å²) in [6, 6.07) is 12.1. The predicted octanol–water partition coefficient (Wildman–Crippen LogP) is 6.63. The topological polar surface area (TPSA) is 94.6 Å². The molecule has 1 unspecified atom stereocenters. The van der Waals surface area contributed by atoms with Crippen molar-refractivity contribution < 1.29 is 33.3 Å². The number of aryl methyl sites for hydroxylation is 1. The van der Waals surface area contributed by atoms with Gasteiger partial charge >= 0.3 is 11.9 Å². The van der Waals surface area contributed by atoms with Gasteiger partial charge in [-0.2, -0.15) is 0 Å². The highest BCUT2D eigenvalue weighted by atomic mass is 35.5. The van der Waals surface area contributed by atoms with Crippen LogP contribution in [0.25, 0.3) is 0 Å². The summed E-state index contributed by atoms with van der Waals surface area (Å²) in [5.74, 6) is -0.478. The molecule has 2 bridgehead atoms. The van der Waals surface area contributed by atoms with Crippen molar-refractivity contribution in [2.45, 2.75) is 88.8 Å². The predicted molar refractivity (Wildman–Crippen MR) is 193 cm³/mol. The maximum atomic E-state index is 13.5. The molecule has 5 atom stereocenters. The average Bonchev–Trinajstić information content (AvgIpc) is 3.21. The molecule has 1 spiro atoms. The molecular weight excluding hydrogens is 656 g/mol. The number of esters is 2.